The minimum atomic E-state index is 0.389. The van der Waals surface area contributed by atoms with Crippen LogP contribution in [0.25, 0.3) is 10.9 Å². The number of nitrogens with zero attached hydrogens (tertiary/aromatic N) is 3. The monoisotopic (exact) mass is 326 g/mol. The molecule has 1 saturated heterocycles. The molecule has 3 rings (SSSR count). The van der Waals surface area contributed by atoms with Crippen molar-refractivity contribution in [2.75, 3.05) is 25.0 Å². The van der Waals surface area contributed by atoms with Crippen LogP contribution in [0.3, 0.4) is 0 Å². The first-order chi connectivity index (χ1) is 11.2. The first-order valence-corrected chi connectivity index (χ1v) is 8.17. The highest BCUT2D eigenvalue weighted by Gasteiger charge is 2.19. The van der Waals surface area contributed by atoms with E-state index < -0.39 is 0 Å². The van der Waals surface area contributed by atoms with Crippen LogP contribution in [0.1, 0.15) is 18.4 Å². The van der Waals surface area contributed by atoms with Gasteiger partial charge in [-0.1, -0.05) is 17.7 Å². The van der Waals surface area contributed by atoms with Crippen LogP contribution in [0, 0.1) is 11.3 Å². The fourth-order valence-corrected chi connectivity index (χ4v) is 3.19. The van der Waals surface area contributed by atoms with E-state index in [0.29, 0.717) is 16.6 Å². The third-order valence-corrected chi connectivity index (χ3v) is 4.45. The Kier molecular flexibility index (Phi) is 4.80. The predicted octanol–water partition coefficient (Wildman–Crippen LogP) is 3.82. The van der Waals surface area contributed by atoms with Gasteiger partial charge in [0.15, 0.2) is 0 Å². The van der Waals surface area contributed by atoms with Crippen LogP contribution >= 0.6 is 11.6 Å². The second-order valence-electron chi connectivity index (χ2n) is 5.84. The molecule has 0 aliphatic carbocycles. The molecule has 1 aliphatic heterocycles. The molecular formula is C18H19ClN4. The van der Waals surface area contributed by atoms with Crippen LogP contribution in [0.15, 0.2) is 36.9 Å². The van der Waals surface area contributed by atoms with Crippen LogP contribution in [0.2, 0.25) is 5.02 Å². The van der Waals surface area contributed by atoms with Gasteiger partial charge in [0, 0.05) is 36.1 Å². The molecule has 1 aliphatic rings. The van der Waals surface area contributed by atoms with Gasteiger partial charge < -0.3 is 5.32 Å². The largest absolute Gasteiger partial charge is 0.367 e. The number of nitriles is 1. The third-order valence-electron chi connectivity index (χ3n) is 4.22. The maximum Gasteiger partial charge on any atom is 0.128 e. The van der Waals surface area contributed by atoms with Crippen molar-refractivity contribution in [2.24, 2.45) is 0 Å². The fourth-order valence-electron chi connectivity index (χ4n) is 3.02. The Morgan fingerprint density at radius 2 is 2.17 bits per heavy atom. The molecule has 1 fully saturated rings. The zero-order valence-electron chi connectivity index (χ0n) is 12.9. The molecule has 0 atom stereocenters. The minimum absolute atomic E-state index is 0.389. The molecule has 5 heteroatoms. The van der Waals surface area contributed by atoms with Crippen molar-refractivity contribution < 1.29 is 0 Å². The van der Waals surface area contributed by atoms with E-state index in [2.05, 4.69) is 27.8 Å². The normalized spacial score (nSPS) is 16.2. The number of hydrogen-bond donors (Lipinski definition) is 1. The molecule has 4 nitrogen and oxygen atoms in total. The zero-order chi connectivity index (χ0) is 16.2. The number of halogens is 1. The Labute approximate surface area is 141 Å². The number of rotatable bonds is 4. The summed E-state index contributed by atoms with van der Waals surface area (Å²) in [6.45, 7) is 6.84. The number of likely N-dealkylation sites (tertiary alicyclic amines) is 1. The molecule has 118 valence electrons. The predicted molar refractivity (Wildman–Crippen MR) is 94.7 cm³/mol. The molecule has 2 heterocycles. The first-order valence-electron chi connectivity index (χ1n) is 7.80. The van der Waals surface area contributed by atoms with Gasteiger partial charge in [0.25, 0.3) is 0 Å². The summed E-state index contributed by atoms with van der Waals surface area (Å²) in [4.78, 5) is 7.01. The Morgan fingerprint density at radius 3 is 2.87 bits per heavy atom. The number of benzene rings is 1. The molecule has 0 unspecified atom stereocenters. The van der Waals surface area contributed by atoms with Crippen LogP contribution in [0.5, 0.6) is 0 Å². The summed E-state index contributed by atoms with van der Waals surface area (Å²) in [5, 5.41) is 14.3. The summed E-state index contributed by atoms with van der Waals surface area (Å²) in [5.74, 6) is 0.763. The van der Waals surface area contributed by atoms with Gasteiger partial charge in [-0.3, -0.25) is 4.90 Å². The molecule has 1 N–H and O–H groups in total. The van der Waals surface area contributed by atoms with Gasteiger partial charge in [-0.25, -0.2) is 4.98 Å². The van der Waals surface area contributed by atoms with Crippen LogP contribution in [-0.4, -0.2) is 35.6 Å². The highest BCUT2D eigenvalue weighted by Crippen LogP contribution is 2.25. The van der Waals surface area contributed by atoms with Gasteiger partial charge in [-0.05, 0) is 37.1 Å². The van der Waals surface area contributed by atoms with Crippen LogP contribution in [-0.2, 0) is 0 Å². The molecule has 0 spiro atoms. The smallest absolute Gasteiger partial charge is 0.128 e. The van der Waals surface area contributed by atoms with Crippen molar-refractivity contribution >= 4 is 28.3 Å². The second kappa shape index (κ2) is 6.99. The average molecular weight is 327 g/mol. The number of piperidine rings is 1. The lowest BCUT2D eigenvalue weighted by molar-refractivity contribution is 0.240. The zero-order valence-corrected chi connectivity index (χ0v) is 13.7. The van der Waals surface area contributed by atoms with E-state index in [9.17, 15) is 5.26 Å². The molecule has 0 bridgehead atoms. The van der Waals surface area contributed by atoms with Crippen LogP contribution in [0.4, 0.5) is 5.82 Å². The summed E-state index contributed by atoms with van der Waals surface area (Å²) >= 11 is 6.02. The SMILES string of the molecule is C=CCN1CCC(Nc2cc(C#N)c3cc(Cl)ccc3n2)CC1. The van der Waals surface area contributed by atoms with Crippen molar-refractivity contribution in [1.29, 1.82) is 5.26 Å². The molecule has 1 aromatic heterocycles. The van der Waals surface area contributed by atoms with Gasteiger partial charge in [-0.2, -0.15) is 5.26 Å². The van der Waals surface area contributed by atoms with Gasteiger partial charge in [-0.15, -0.1) is 6.58 Å². The highest BCUT2D eigenvalue weighted by molar-refractivity contribution is 6.31. The third kappa shape index (κ3) is 3.64. The van der Waals surface area contributed by atoms with E-state index in [-0.39, 0.29) is 0 Å². The van der Waals surface area contributed by atoms with E-state index in [1.54, 1.807) is 12.1 Å². The van der Waals surface area contributed by atoms with E-state index in [0.717, 1.165) is 49.2 Å². The van der Waals surface area contributed by atoms with Crippen molar-refractivity contribution in [1.82, 2.24) is 9.88 Å². The Balaban J connectivity index is 1.78. The van der Waals surface area contributed by atoms with Gasteiger partial charge >= 0.3 is 0 Å². The highest BCUT2D eigenvalue weighted by atomic mass is 35.5. The summed E-state index contributed by atoms with van der Waals surface area (Å²) in [6, 6.07) is 9.89. The van der Waals surface area contributed by atoms with E-state index in [1.165, 1.54) is 0 Å². The molecule has 1 aromatic carbocycles. The molecule has 0 radical (unpaired) electrons. The second-order valence-corrected chi connectivity index (χ2v) is 6.27. The number of aromatic nitrogens is 1. The maximum atomic E-state index is 9.39. The van der Waals surface area contributed by atoms with Crippen LogP contribution < -0.4 is 5.32 Å². The maximum absolute atomic E-state index is 9.39. The molecule has 0 saturated carbocycles. The Bertz CT molecular complexity index is 757. The molecule has 0 amide bonds. The number of anilines is 1. The number of nitrogens with one attached hydrogen (secondary N) is 1. The van der Waals surface area contributed by atoms with Crippen molar-refractivity contribution in [3.8, 4) is 6.07 Å². The lowest BCUT2D eigenvalue weighted by Crippen LogP contribution is -2.39. The van der Waals surface area contributed by atoms with E-state index in [4.69, 9.17) is 11.6 Å². The molecule has 2 aromatic rings. The summed E-state index contributed by atoms with van der Waals surface area (Å²) in [5.41, 5.74) is 1.39. The topological polar surface area (TPSA) is 52.0 Å². The first kappa shape index (κ1) is 15.8. The van der Waals surface area contributed by atoms with Crippen molar-refractivity contribution in [3.63, 3.8) is 0 Å². The summed E-state index contributed by atoms with van der Waals surface area (Å²) in [7, 11) is 0. The molecule has 23 heavy (non-hydrogen) atoms. The van der Waals surface area contributed by atoms with Crippen molar-refractivity contribution in [2.45, 2.75) is 18.9 Å². The summed E-state index contributed by atoms with van der Waals surface area (Å²) in [6.07, 6.45) is 4.08. The fraction of sp³-hybridized carbons (Fsp3) is 0.333. The number of hydrogen-bond acceptors (Lipinski definition) is 4. The van der Waals surface area contributed by atoms with Gasteiger partial charge in [0.1, 0.15) is 5.82 Å². The van der Waals surface area contributed by atoms with E-state index in [1.807, 2.05) is 18.2 Å². The lowest BCUT2D eigenvalue weighted by atomic mass is 10.0. The van der Waals surface area contributed by atoms with Gasteiger partial charge in [0.2, 0.25) is 0 Å². The quantitative estimate of drug-likeness (QED) is 0.868. The van der Waals surface area contributed by atoms with E-state index >= 15 is 0 Å². The van der Waals surface area contributed by atoms with Gasteiger partial charge in [0.05, 0.1) is 17.1 Å². The number of fused-ring (bicyclic) bond motifs is 1. The summed E-state index contributed by atoms with van der Waals surface area (Å²) < 4.78 is 0. The standard InChI is InChI=1S/C18H19ClN4/c1-2-7-23-8-5-15(6-9-23)21-18-10-13(12-20)16-11-14(19)3-4-17(16)22-18/h2-4,10-11,15H,1,5-9H2,(H,21,22). The molecular weight excluding hydrogens is 308 g/mol. The number of pyridine rings is 1. The lowest BCUT2D eigenvalue weighted by Gasteiger charge is -2.31. The Hall–Kier alpha value is -2.09. The Morgan fingerprint density at radius 1 is 1.39 bits per heavy atom. The van der Waals surface area contributed by atoms with Crippen molar-refractivity contribution in [3.05, 3.63) is 47.5 Å². The average Bonchev–Trinajstić information content (AvgIpc) is 2.56. The minimum Gasteiger partial charge on any atom is -0.367 e.